The predicted octanol–water partition coefficient (Wildman–Crippen LogP) is 8.47. The number of phenolic OH excluding ortho intramolecular Hbond substituents is 1. The number of para-hydroxylation sites is 1. The molecule has 2 aliphatic rings. The minimum absolute atomic E-state index is 0.0219. The molecule has 0 saturated carbocycles. The van der Waals surface area contributed by atoms with Crippen LogP contribution in [0.2, 0.25) is 25.7 Å². The van der Waals surface area contributed by atoms with Crippen molar-refractivity contribution < 1.29 is 62.9 Å². The van der Waals surface area contributed by atoms with Crippen LogP contribution in [-0.2, 0) is 54.4 Å². The van der Waals surface area contributed by atoms with Crippen LogP contribution < -0.4 is 16.0 Å². The molecule has 5 amide bonds. The van der Waals surface area contributed by atoms with E-state index in [1.54, 1.807) is 48.5 Å². The van der Waals surface area contributed by atoms with Gasteiger partial charge in [0.2, 0.25) is 23.6 Å². The molecule has 1 saturated heterocycles. The van der Waals surface area contributed by atoms with Gasteiger partial charge < -0.3 is 40.0 Å². The molecule has 0 unspecified atom stereocenters. The number of aliphatic imine (C=N–C) groups is 1. The van der Waals surface area contributed by atoms with Gasteiger partial charge in [-0.1, -0.05) is 146 Å². The number of aromatic hydroxyl groups is 1. The van der Waals surface area contributed by atoms with Crippen LogP contribution >= 0.6 is 0 Å². The molecular weight excluding hydrogens is 981 g/mol. The van der Waals surface area contributed by atoms with E-state index < -0.39 is 68.6 Å². The largest absolute Gasteiger partial charge is 0.507 e. The number of carbonyl (C=O) groups excluding carboxylic acids is 6. The van der Waals surface area contributed by atoms with E-state index in [9.17, 15) is 39.1 Å². The van der Waals surface area contributed by atoms with Crippen LogP contribution in [-0.4, -0.2) is 134 Å². The van der Waals surface area contributed by atoms with Crippen molar-refractivity contribution in [1.29, 1.82) is 0 Å². The second kappa shape index (κ2) is 34.9. The molecule has 0 aliphatic carbocycles. The Balaban J connectivity index is 1.41. The van der Waals surface area contributed by atoms with Crippen molar-refractivity contribution in [3.8, 4) is 5.75 Å². The Morgan fingerprint density at radius 2 is 1.49 bits per heavy atom. The topological polar surface area (TPSA) is 244 Å². The zero-order valence-electron chi connectivity index (χ0n) is 45.0. The lowest BCUT2D eigenvalue weighted by Gasteiger charge is -2.25. The minimum Gasteiger partial charge on any atom is -0.507 e. The SMILES string of the molecule is CCCCCCCCCCCCCCCC(=O)N(CCCC[C@H](NC(=O)[C@@H]1COC(c2ccccc2O)=N1)C(=O)OC[C@H](NC(=O)OCc1ccccc1)C(=O)N[C@H]1CCCCN(O)C1=O)OCOCC[Si](C)(C)C. The molecule has 0 bridgehead atoms. The van der Waals surface area contributed by atoms with Gasteiger partial charge in [-0.05, 0) is 68.7 Å². The van der Waals surface area contributed by atoms with Crippen LogP contribution in [0, 0.1) is 0 Å². The van der Waals surface area contributed by atoms with Crippen LogP contribution in [0.5, 0.6) is 5.75 Å². The summed E-state index contributed by atoms with van der Waals surface area (Å²) in [5.41, 5.74) is 0.965. The van der Waals surface area contributed by atoms with Gasteiger partial charge in [-0.25, -0.2) is 29.5 Å². The molecule has 20 heteroatoms. The van der Waals surface area contributed by atoms with E-state index in [1.165, 1.54) is 68.9 Å². The van der Waals surface area contributed by atoms with E-state index in [0.29, 0.717) is 49.3 Å². The number of rotatable bonds is 36. The normalized spacial score (nSPS) is 16.5. The number of esters is 1. The summed E-state index contributed by atoms with van der Waals surface area (Å²) in [6, 6.07) is 11.1. The van der Waals surface area contributed by atoms with Crippen molar-refractivity contribution in [3.63, 3.8) is 0 Å². The Kier molecular flexibility index (Phi) is 28.8. The van der Waals surface area contributed by atoms with E-state index in [2.05, 4.69) is 47.5 Å². The van der Waals surface area contributed by atoms with E-state index in [0.717, 1.165) is 31.7 Å². The molecule has 2 aromatic carbocycles. The molecule has 0 spiro atoms. The standard InChI is InChI=1S/C55H86N6O13Si/c1-5-6-7-8-9-10-11-12-13-14-15-16-20-33-49(63)61(74-41-70-36-37-75(2,3)4)35-26-24-31-45(57-50(64)46-39-71-52(58-46)43-29-21-22-32-48(43)62)54(67)72-40-47(59-55(68)73-38-42-27-18-17-19-28-42)51(65)56-44-30-23-25-34-60(69)53(44)66/h17-19,21-22,27-29,32,44-47,62,69H,5-16,20,23-26,30-31,33-41H2,1-4H3,(H,56,65)(H,57,64)(H,59,68)/t44-,45-,46-,47-/m0/s1. The molecule has 5 N–H and O–H groups in total. The van der Waals surface area contributed by atoms with Gasteiger partial charge in [-0.2, -0.15) is 0 Å². The third kappa shape index (κ3) is 24.8. The van der Waals surface area contributed by atoms with Gasteiger partial charge in [0.05, 0.1) is 5.56 Å². The third-order valence-corrected chi connectivity index (χ3v) is 14.8. The monoisotopic (exact) mass is 1070 g/mol. The summed E-state index contributed by atoms with van der Waals surface area (Å²) in [7, 11) is -1.37. The van der Waals surface area contributed by atoms with E-state index >= 15 is 0 Å². The van der Waals surface area contributed by atoms with Gasteiger partial charge in [0.25, 0.3) is 5.91 Å². The number of hydroxylamine groups is 4. The fourth-order valence-corrected chi connectivity index (χ4v) is 9.19. The first kappa shape index (κ1) is 62.0. The maximum absolute atomic E-state index is 14.1. The highest BCUT2D eigenvalue weighted by Gasteiger charge is 2.35. The van der Waals surface area contributed by atoms with Crippen molar-refractivity contribution in [2.45, 2.75) is 192 Å². The lowest BCUT2D eigenvalue weighted by Crippen LogP contribution is -2.55. The number of hydrogen-bond acceptors (Lipinski definition) is 14. The van der Waals surface area contributed by atoms with Crippen molar-refractivity contribution in [1.82, 2.24) is 26.1 Å². The number of ether oxygens (including phenoxy) is 4. The number of hydrogen-bond donors (Lipinski definition) is 5. The Bertz CT molecular complexity index is 2070. The van der Waals surface area contributed by atoms with Gasteiger partial charge in [0, 0.05) is 34.2 Å². The highest BCUT2D eigenvalue weighted by atomic mass is 28.3. The molecule has 0 aromatic heterocycles. The maximum Gasteiger partial charge on any atom is 0.408 e. The van der Waals surface area contributed by atoms with Gasteiger partial charge >= 0.3 is 12.1 Å². The Morgan fingerprint density at radius 1 is 0.827 bits per heavy atom. The average Bonchev–Trinajstić information content (AvgIpc) is 3.83. The zero-order valence-corrected chi connectivity index (χ0v) is 46.0. The number of carbonyl (C=O) groups is 6. The molecule has 2 aliphatic heterocycles. The van der Waals surface area contributed by atoms with Crippen LogP contribution in [0.3, 0.4) is 0 Å². The van der Waals surface area contributed by atoms with Gasteiger partial charge in [-0.3, -0.25) is 24.4 Å². The number of alkyl carbamates (subject to hydrolysis) is 1. The van der Waals surface area contributed by atoms with E-state index in [-0.39, 0.29) is 69.1 Å². The quantitative estimate of drug-likeness (QED) is 0.0108. The minimum atomic E-state index is -1.56. The van der Waals surface area contributed by atoms with Crippen LogP contribution in [0.15, 0.2) is 59.6 Å². The summed E-state index contributed by atoms with van der Waals surface area (Å²) in [5, 5.41) is 30.2. The highest BCUT2D eigenvalue weighted by molar-refractivity contribution is 6.76. The predicted molar refractivity (Wildman–Crippen MR) is 286 cm³/mol. The van der Waals surface area contributed by atoms with E-state index in [4.69, 9.17) is 23.8 Å². The molecule has 0 radical (unpaired) electrons. The third-order valence-electron chi connectivity index (χ3n) is 13.0. The highest BCUT2D eigenvalue weighted by Crippen LogP contribution is 2.22. The average molecular weight is 1070 g/mol. The summed E-state index contributed by atoms with van der Waals surface area (Å²) in [4.78, 5) is 91.5. The maximum atomic E-state index is 14.1. The van der Waals surface area contributed by atoms with Gasteiger partial charge in [0.15, 0.2) is 12.8 Å². The molecule has 4 rings (SSSR count). The van der Waals surface area contributed by atoms with Crippen LogP contribution in [0.25, 0.3) is 0 Å². The fraction of sp³-hybridized carbons (Fsp3) is 0.655. The molecule has 2 aromatic rings. The first-order valence-electron chi connectivity index (χ1n) is 27.4. The van der Waals surface area contributed by atoms with Crippen molar-refractivity contribution >= 4 is 49.7 Å². The second-order valence-corrected chi connectivity index (χ2v) is 26.3. The number of unbranched alkanes of at least 4 members (excludes halogenated alkanes) is 13. The first-order chi connectivity index (χ1) is 36.1. The number of benzene rings is 2. The van der Waals surface area contributed by atoms with E-state index in [1.807, 2.05) is 0 Å². The molecule has 418 valence electrons. The molecule has 4 atom stereocenters. The second-order valence-electron chi connectivity index (χ2n) is 20.7. The van der Waals surface area contributed by atoms with Crippen LogP contribution in [0.1, 0.15) is 146 Å². The summed E-state index contributed by atoms with van der Waals surface area (Å²) >= 11 is 0. The lowest BCUT2D eigenvalue weighted by atomic mass is 10.0. The summed E-state index contributed by atoms with van der Waals surface area (Å²) < 4.78 is 22.5. The summed E-state index contributed by atoms with van der Waals surface area (Å²) in [6.45, 7) is 8.64. The zero-order chi connectivity index (χ0) is 54.3. The molecule has 1 fully saturated rings. The fourth-order valence-electron chi connectivity index (χ4n) is 8.43. The molecule has 75 heavy (non-hydrogen) atoms. The van der Waals surface area contributed by atoms with Crippen molar-refractivity contribution in [2.24, 2.45) is 4.99 Å². The Hall–Kier alpha value is -5.57. The van der Waals surface area contributed by atoms with Crippen molar-refractivity contribution in [3.05, 3.63) is 65.7 Å². The van der Waals surface area contributed by atoms with Gasteiger partial charge in [-0.15, -0.1) is 0 Å². The molecular formula is C55H86N6O13Si. The van der Waals surface area contributed by atoms with Crippen LogP contribution in [0.4, 0.5) is 4.79 Å². The smallest absolute Gasteiger partial charge is 0.408 e. The van der Waals surface area contributed by atoms with Crippen molar-refractivity contribution in [2.75, 3.05) is 39.7 Å². The molecule has 19 nitrogen and oxygen atoms in total. The number of nitrogens with zero attached hydrogens (tertiary/aromatic N) is 3. The Morgan fingerprint density at radius 3 is 2.17 bits per heavy atom. The molecule has 2 heterocycles. The first-order valence-corrected chi connectivity index (χ1v) is 31.1. The number of phenols is 1. The number of amides is 5. The summed E-state index contributed by atoms with van der Waals surface area (Å²) in [6.07, 6.45) is 16.7. The lowest BCUT2D eigenvalue weighted by molar-refractivity contribution is -0.223. The van der Waals surface area contributed by atoms with Gasteiger partial charge in [0.1, 0.15) is 43.7 Å². The number of nitrogens with one attached hydrogen (secondary N) is 3. The summed E-state index contributed by atoms with van der Waals surface area (Å²) in [5.74, 6) is -3.44. The Labute approximate surface area is 445 Å².